The summed E-state index contributed by atoms with van der Waals surface area (Å²) in [6.45, 7) is 1.46. The molecule has 3 aromatic rings. The van der Waals surface area contributed by atoms with Crippen LogP contribution in [0.5, 0.6) is 0 Å². The van der Waals surface area contributed by atoms with Gasteiger partial charge in [0.25, 0.3) is 5.92 Å². The largest absolute Gasteiger partial charge is 0.479 e. The number of carbonyl (C=O) groups is 2. The highest BCUT2D eigenvalue weighted by Gasteiger charge is 2.43. The number of carboxylic acid groups (broad SMARTS) is 1. The normalized spacial score (nSPS) is 18.8. The number of aliphatic hydroxyl groups excluding tert-OH is 3. The lowest BCUT2D eigenvalue weighted by Crippen LogP contribution is -2.49. The molecule has 0 bridgehead atoms. The lowest BCUT2D eigenvalue weighted by molar-refractivity contribution is -0.170. The standard InChI is InChI=1S/C32H40F4N4O7/c1-3-4-9-37-13-19(14-47-31(46)29(43)28(42)30(44)45)38-18-11-22(33)25(23(34)12-18)27-26-21(20-7-5-6-8-24(20)39-26)10-17(2)40(27)15-32(35,36)16-41/h5-8,11-12,17,19,27-29,37-39,41-43H,3-4,9-10,13-16H2,1-2H3,(H,44,45)/t17-,19-,27-,28-,29-/m1/s1. The summed E-state index contributed by atoms with van der Waals surface area (Å²) in [4.78, 5) is 27.5. The number of aromatic nitrogens is 1. The van der Waals surface area contributed by atoms with E-state index in [4.69, 9.17) is 9.84 Å². The molecule has 0 saturated heterocycles. The fourth-order valence-corrected chi connectivity index (χ4v) is 5.81. The number of carboxylic acids is 1. The summed E-state index contributed by atoms with van der Waals surface area (Å²) >= 11 is 0. The Balaban J connectivity index is 1.66. The Labute approximate surface area is 268 Å². The Morgan fingerprint density at radius 2 is 1.83 bits per heavy atom. The van der Waals surface area contributed by atoms with Crippen molar-refractivity contribution in [2.24, 2.45) is 0 Å². The third kappa shape index (κ3) is 8.40. The van der Waals surface area contributed by atoms with Crippen LogP contribution in [0.25, 0.3) is 10.9 Å². The van der Waals surface area contributed by atoms with Crippen LogP contribution in [-0.4, -0.2) is 105 Å². The molecular formula is C32H40F4N4O7. The number of unbranched alkanes of at least 4 members (excludes halogenated alkanes) is 1. The molecule has 2 aromatic carbocycles. The molecule has 0 amide bonds. The monoisotopic (exact) mass is 668 g/mol. The number of carbonyl (C=O) groups excluding carboxylic acids is 1. The predicted molar refractivity (Wildman–Crippen MR) is 164 cm³/mol. The molecular weight excluding hydrogens is 628 g/mol. The number of nitrogens with one attached hydrogen (secondary N) is 3. The second-order valence-corrected chi connectivity index (χ2v) is 11.8. The maximum absolute atomic E-state index is 16.1. The van der Waals surface area contributed by atoms with Crippen molar-refractivity contribution in [2.45, 2.75) is 69.4 Å². The predicted octanol–water partition coefficient (Wildman–Crippen LogP) is 2.93. The van der Waals surface area contributed by atoms with E-state index < -0.39 is 85.2 Å². The van der Waals surface area contributed by atoms with E-state index in [1.807, 2.05) is 19.1 Å². The maximum Gasteiger partial charge on any atom is 0.338 e. The van der Waals surface area contributed by atoms with Gasteiger partial charge in [0.15, 0.2) is 12.2 Å². The zero-order valence-corrected chi connectivity index (χ0v) is 26.0. The summed E-state index contributed by atoms with van der Waals surface area (Å²) in [5.74, 6) is -8.87. The van der Waals surface area contributed by atoms with Crippen molar-refractivity contribution in [3.8, 4) is 0 Å². The first kappa shape index (κ1) is 36.1. The number of aliphatic carboxylic acids is 1. The first-order chi connectivity index (χ1) is 22.3. The number of nitrogens with zero attached hydrogens (tertiary/aromatic N) is 1. The van der Waals surface area contributed by atoms with Gasteiger partial charge in [-0.15, -0.1) is 0 Å². The molecule has 0 saturated carbocycles. The average Bonchev–Trinajstić information content (AvgIpc) is 3.39. The van der Waals surface area contributed by atoms with Gasteiger partial charge in [-0.05, 0) is 50.1 Å². The van der Waals surface area contributed by atoms with Gasteiger partial charge in [0.05, 0.1) is 18.6 Å². The van der Waals surface area contributed by atoms with Crippen LogP contribution in [0, 0.1) is 11.6 Å². The van der Waals surface area contributed by atoms with Crippen molar-refractivity contribution < 1.29 is 52.3 Å². The number of aromatic amines is 1. The maximum atomic E-state index is 16.1. The third-order valence-electron chi connectivity index (χ3n) is 8.20. The lowest BCUT2D eigenvalue weighted by atomic mass is 9.87. The number of rotatable bonds is 16. The van der Waals surface area contributed by atoms with Gasteiger partial charge in [-0.25, -0.2) is 27.2 Å². The Kier molecular flexibility index (Phi) is 11.8. The highest BCUT2D eigenvalue weighted by molar-refractivity contribution is 5.85. The van der Waals surface area contributed by atoms with Crippen LogP contribution in [0.3, 0.4) is 0 Å². The smallest absolute Gasteiger partial charge is 0.338 e. The highest BCUT2D eigenvalue weighted by Crippen LogP contribution is 2.43. The van der Waals surface area contributed by atoms with Crippen molar-refractivity contribution >= 4 is 28.5 Å². The molecule has 47 heavy (non-hydrogen) atoms. The Morgan fingerprint density at radius 3 is 2.47 bits per heavy atom. The first-order valence-electron chi connectivity index (χ1n) is 15.3. The number of hydrogen-bond acceptors (Lipinski definition) is 9. The SMILES string of the molecule is CCCCNC[C@H](COC(=O)[C@H](O)[C@@H](O)C(=O)O)Nc1cc(F)c([C@@H]2c3[nH]c4ccccc4c3C[C@@H](C)N2CC(F)(F)CO)c(F)c1. The Hall–Kier alpha value is -3.76. The molecule has 0 radical (unpaired) electrons. The molecule has 11 nitrogen and oxygen atoms in total. The number of esters is 1. The van der Waals surface area contributed by atoms with E-state index in [1.54, 1.807) is 19.1 Å². The molecule has 0 aliphatic carbocycles. The van der Waals surface area contributed by atoms with Crippen LogP contribution in [0.2, 0.25) is 0 Å². The van der Waals surface area contributed by atoms with Gasteiger partial charge in [0.1, 0.15) is 24.8 Å². The number of aliphatic hydroxyl groups is 3. The van der Waals surface area contributed by atoms with E-state index in [9.17, 15) is 33.7 Å². The molecule has 1 aliphatic heterocycles. The van der Waals surface area contributed by atoms with Gasteiger partial charge < -0.3 is 40.8 Å². The van der Waals surface area contributed by atoms with Gasteiger partial charge in [0.2, 0.25) is 0 Å². The number of H-pyrrole nitrogens is 1. The Bertz CT molecular complexity index is 1530. The van der Waals surface area contributed by atoms with Crippen LogP contribution < -0.4 is 10.6 Å². The van der Waals surface area contributed by atoms with E-state index >= 15 is 8.78 Å². The molecule has 0 unspecified atom stereocenters. The minimum atomic E-state index is -3.55. The molecule has 1 aromatic heterocycles. The molecule has 0 fully saturated rings. The fraction of sp³-hybridized carbons (Fsp3) is 0.500. The van der Waals surface area contributed by atoms with Crippen molar-refractivity contribution in [1.29, 1.82) is 0 Å². The topological polar surface area (TPSA) is 167 Å². The van der Waals surface area contributed by atoms with Crippen molar-refractivity contribution in [1.82, 2.24) is 15.2 Å². The number of ether oxygens (including phenoxy) is 1. The minimum absolute atomic E-state index is 0.0684. The lowest BCUT2D eigenvalue weighted by Gasteiger charge is -2.42. The van der Waals surface area contributed by atoms with E-state index in [0.717, 1.165) is 35.9 Å². The zero-order chi connectivity index (χ0) is 34.5. The molecule has 15 heteroatoms. The second kappa shape index (κ2) is 15.4. The van der Waals surface area contributed by atoms with E-state index in [1.165, 1.54) is 4.90 Å². The molecule has 4 rings (SSSR count). The molecule has 258 valence electrons. The summed E-state index contributed by atoms with van der Waals surface area (Å²) in [5, 5.41) is 44.2. The number of benzene rings is 2. The van der Waals surface area contributed by atoms with Crippen molar-refractivity contribution in [3.05, 3.63) is 64.9 Å². The minimum Gasteiger partial charge on any atom is -0.479 e. The number of halogens is 4. The molecule has 5 atom stereocenters. The van der Waals surface area contributed by atoms with E-state index in [0.29, 0.717) is 24.2 Å². The Morgan fingerprint density at radius 1 is 1.15 bits per heavy atom. The summed E-state index contributed by atoms with van der Waals surface area (Å²) in [7, 11) is 0. The van der Waals surface area contributed by atoms with Gasteiger partial charge in [-0.1, -0.05) is 31.5 Å². The number of para-hydroxylation sites is 1. The molecule has 1 aliphatic rings. The van der Waals surface area contributed by atoms with Crippen LogP contribution in [-0.2, 0) is 20.7 Å². The van der Waals surface area contributed by atoms with Gasteiger partial charge in [0, 0.05) is 40.4 Å². The van der Waals surface area contributed by atoms with Crippen molar-refractivity contribution in [3.63, 3.8) is 0 Å². The van der Waals surface area contributed by atoms with E-state index in [2.05, 4.69) is 15.6 Å². The molecule has 7 N–H and O–H groups in total. The third-order valence-corrected chi connectivity index (χ3v) is 8.20. The van der Waals surface area contributed by atoms with Gasteiger partial charge >= 0.3 is 11.9 Å². The summed E-state index contributed by atoms with van der Waals surface area (Å²) < 4.78 is 66.3. The van der Waals surface area contributed by atoms with Crippen LogP contribution in [0.4, 0.5) is 23.2 Å². The van der Waals surface area contributed by atoms with Crippen LogP contribution >= 0.6 is 0 Å². The van der Waals surface area contributed by atoms with Crippen LogP contribution in [0.15, 0.2) is 36.4 Å². The fourth-order valence-electron chi connectivity index (χ4n) is 5.81. The quantitative estimate of drug-likeness (QED) is 0.0685. The summed E-state index contributed by atoms with van der Waals surface area (Å²) in [6, 6.07) is 6.50. The number of fused-ring (bicyclic) bond motifs is 3. The second-order valence-electron chi connectivity index (χ2n) is 11.8. The number of alkyl halides is 2. The summed E-state index contributed by atoms with van der Waals surface area (Å²) in [6.07, 6.45) is -2.77. The van der Waals surface area contributed by atoms with E-state index in [-0.39, 0.29) is 12.2 Å². The van der Waals surface area contributed by atoms with Crippen molar-refractivity contribution in [2.75, 3.05) is 38.2 Å². The van der Waals surface area contributed by atoms with Gasteiger partial charge in [-0.3, -0.25) is 4.90 Å². The molecule has 2 heterocycles. The summed E-state index contributed by atoms with van der Waals surface area (Å²) in [5.41, 5.74) is 1.25. The zero-order valence-electron chi connectivity index (χ0n) is 26.0. The van der Waals surface area contributed by atoms with Crippen LogP contribution in [0.1, 0.15) is 49.6 Å². The van der Waals surface area contributed by atoms with Gasteiger partial charge in [-0.2, -0.15) is 0 Å². The first-order valence-corrected chi connectivity index (χ1v) is 15.3. The highest BCUT2D eigenvalue weighted by atomic mass is 19.3. The number of hydrogen-bond donors (Lipinski definition) is 7. The molecule has 0 spiro atoms. The average molecular weight is 669 g/mol. The number of anilines is 1.